The van der Waals surface area contributed by atoms with Gasteiger partial charge in [0.05, 0.1) is 24.5 Å². The molecule has 2 rings (SSSR count). The molecule has 1 aliphatic heterocycles. The Morgan fingerprint density at radius 1 is 1.18 bits per heavy atom. The molecule has 1 saturated heterocycles. The van der Waals surface area contributed by atoms with Crippen molar-refractivity contribution in [3.05, 3.63) is 29.8 Å². The number of amides is 1. The number of likely N-dealkylation sites (tertiary alicyclic amines) is 1. The van der Waals surface area contributed by atoms with E-state index in [1.54, 1.807) is 30.9 Å². The number of anilines is 1. The van der Waals surface area contributed by atoms with E-state index in [0.717, 1.165) is 11.8 Å². The molecule has 0 spiro atoms. The second-order valence-corrected chi connectivity index (χ2v) is 9.03. The molecule has 1 aromatic rings. The summed E-state index contributed by atoms with van der Waals surface area (Å²) in [4.78, 5) is 26.7. The van der Waals surface area contributed by atoms with E-state index in [-0.39, 0.29) is 17.8 Å². The van der Waals surface area contributed by atoms with Gasteiger partial charge in [0.2, 0.25) is 15.9 Å². The molecule has 0 aliphatic carbocycles. The van der Waals surface area contributed by atoms with Gasteiger partial charge in [0, 0.05) is 13.1 Å². The van der Waals surface area contributed by atoms with Gasteiger partial charge in [-0.2, -0.15) is 0 Å². The molecule has 28 heavy (non-hydrogen) atoms. The third-order valence-corrected chi connectivity index (χ3v) is 6.21. The number of esters is 1. The molecule has 0 radical (unpaired) electrons. The number of carbonyl (C=O) groups excluding carboxylic acids is 2. The molecule has 1 atom stereocenters. The number of aryl methyl sites for hydroxylation is 1. The second kappa shape index (κ2) is 9.41. The molecule has 1 fully saturated rings. The van der Waals surface area contributed by atoms with Crippen molar-refractivity contribution in [2.45, 2.75) is 46.1 Å². The molecule has 1 amide bonds. The van der Waals surface area contributed by atoms with Gasteiger partial charge in [-0.3, -0.25) is 13.9 Å². The average molecular weight is 411 g/mol. The summed E-state index contributed by atoms with van der Waals surface area (Å²) in [6.07, 6.45) is 2.54. The zero-order valence-electron chi connectivity index (χ0n) is 17.1. The lowest BCUT2D eigenvalue weighted by Crippen LogP contribution is -2.52. The second-order valence-electron chi connectivity index (χ2n) is 7.17. The lowest BCUT2D eigenvalue weighted by atomic mass is 9.96. The number of piperidine rings is 1. The zero-order valence-corrected chi connectivity index (χ0v) is 17.9. The molecule has 7 nitrogen and oxygen atoms in total. The van der Waals surface area contributed by atoms with Crippen molar-refractivity contribution < 1.29 is 22.7 Å². The Bertz CT molecular complexity index is 783. The van der Waals surface area contributed by atoms with Gasteiger partial charge in [-0.05, 0) is 45.2 Å². The van der Waals surface area contributed by atoms with Gasteiger partial charge in [-0.1, -0.05) is 24.6 Å². The molecule has 1 aliphatic rings. The van der Waals surface area contributed by atoms with Gasteiger partial charge in [0.15, 0.2) is 0 Å². The van der Waals surface area contributed by atoms with E-state index in [4.69, 9.17) is 4.74 Å². The lowest BCUT2D eigenvalue weighted by molar-refractivity contribution is -0.151. The maximum absolute atomic E-state index is 13.2. The summed E-state index contributed by atoms with van der Waals surface area (Å²) in [5, 5.41) is 0. The zero-order chi connectivity index (χ0) is 20.9. The Balaban J connectivity index is 2.19. The van der Waals surface area contributed by atoms with Crippen LogP contribution in [-0.2, 0) is 24.3 Å². The molecule has 0 bridgehead atoms. The van der Waals surface area contributed by atoms with E-state index in [2.05, 4.69) is 0 Å². The summed E-state index contributed by atoms with van der Waals surface area (Å²) in [5.74, 6) is -0.651. The van der Waals surface area contributed by atoms with Gasteiger partial charge in [-0.15, -0.1) is 0 Å². The fourth-order valence-corrected chi connectivity index (χ4v) is 4.75. The largest absolute Gasteiger partial charge is 0.466 e. The third-order valence-electron chi connectivity index (χ3n) is 5.03. The summed E-state index contributed by atoms with van der Waals surface area (Å²) in [5.41, 5.74) is 1.49. The van der Waals surface area contributed by atoms with E-state index >= 15 is 0 Å². The van der Waals surface area contributed by atoms with Crippen LogP contribution >= 0.6 is 0 Å². The van der Waals surface area contributed by atoms with E-state index in [9.17, 15) is 18.0 Å². The van der Waals surface area contributed by atoms with Crippen molar-refractivity contribution >= 4 is 27.6 Å². The van der Waals surface area contributed by atoms with E-state index in [0.29, 0.717) is 44.6 Å². The lowest BCUT2D eigenvalue weighted by Gasteiger charge is -2.37. The standard InChI is InChI=1S/C20H30N2O5S/c1-5-18(22(28(4,25)26)17-9-7-15(3)8-10-17)19(23)21-13-11-16(12-14-21)20(24)27-6-2/h7-10,16,18H,5-6,11-14H2,1-4H3/t18-/m0/s1. The fraction of sp³-hybridized carbons (Fsp3) is 0.600. The number of rotatable bonds is 7. The van der Waals surface area contributed by atoms with E-state index in [1.807, 2.05) is 19.1 Å². The Hall–Kier alpha value is -2.09. The van der Waals surface area contributed by atoms with Crippen molar-refractivity contribution in [3.8, 4) is 0 Å². The highest BCUT2D eigenvalue weighted by atomic mass is 32.2. The van der Waals surface area contributed by atoms with Crippen LogP contribution in [0.4, 0.5) is 5.69 Å². The minimum absolute atomic E-state index is 0.202. The molecule has 0 unspecified atom stereocenters. The van der Waals surface area contributed by atoms with Crippen molar-refractivity contribution in [2.24, 2.45) is 5.92 Å². The fourth-order valence-electron chi connectivity index (χ4n) is 3.54. The summed E-state index contributed by atoms with van der Waals surface area (Å²) in [6, 6.07) is 6.29. The van der Waals surface area contributed by atoms with Crippen LogP contribution in [0.25, 0.3) is 0 Å². The normalized spacial score (nSPS) is 16.5. The predicted molar refractivity (Wildman–Crippen MR) is 109 cm³/mol. The van der Waals surface area contributed by atoms with E-state index < -0.39 is 16.1 Å². The SMILES string of the molecule is CCOC(=O)C1CCN(C(=O)[C@H](CC)N(c2ccc(C)cc2)S(C)(=O)=O)CC1. The maximum atomic E-state index is 13.2. The Morgan fingerprint density at radius 2 is 1.75 bits per heavy atom. The number of nitrogens with zero attached hydrogens (tertiary/aromatic N) is 2. The van der Waals surface area contributed by atoms with Crippen molar-refractivity contribution in [2.75, 3.05) is 30.3 Å². The van der Waals surface area contributed by atoms with Crippen molar-refractivity contribution in [3.63, 3.8) is 0 Å². The first kappa shape index (κ1) is 22.2. The minimum Gasteiger partial charge on any atom is -0.466 e. The molecular weight excluding hydrogens is 380 g/mol. The maximum Gasteiger partial charge on any atom is 0.309 e. The highest BCUT2D eigenvalue weighted by Crippen LogP contribution is 2.26. The summed E-state index contributed by atoms with van der Waals surface area (Å²) in [6.45, 7) is 6.68. The Kier molecular flexibility index (Phi) is 7.46. The van der Waals surface area contributed by atoms with Gasteiger partial charge in [-0.25, -0.2) is 8.42 Å². The Morgan fingerprint density at radius 3 is 2.21 bits per heavy atom. The first-order valence-electron chi connectivity index (χ1n) is 9.70. The first-order chi connectivity index (χ1) is 13.2. The Labute approximate surface area is 167 Å². The molecule has 0 aromatic heterocycles. The molecule has 0 saturated carbocycles. The molecule has 1 heterocycles. The average Bonchev–Trinajstić information content (AvgIpc) is 2.66. The topological polar surface area (TPSA) is 84.0 Å². The summed E-state index contributed by atoms with van der Waals surface area (Å²) >= 11 is 0. The van der Waals surface area contributed by atoms with Gasteiger partial charge in [0.1, 0.15) is 6.04 Å². The van der Waals surface area contributed by atoms with Crippen LogP contribution in [0.3, 0.4) is 0 Å². The third kappa shape index (κ3) is 5.25. The number of hydrogen-bond donors (Lipinski definition) is 0. The number of ether oxygens (including phenoxy) is 1. The smallest absolute Gasteiger partial charge is 0.309 e. The van der Waals surface area contributed by atoms with Crippen LogP contribution < -0.4 is 4.31 Å². The predicted octanol–water partition coefficient (Wildman–Crippen LogP) is 2.34. The van der Waals surface area contributed by atoms with Crippen LogP contribution in [0.15, 0.2) is 24.3 Å². The molecule has 0 N–H and O–H groups in total. The monoisotopic (exact) mass is 410 g/mol. The highest BCUT2D eigenvalue weighted by molar-refractivity contribution is 7.92. The highest BCUT2D eigenvalue weighted by Gasteiger charge is 2.36. The summed E-state index contributed by atoms with van der Waals surface area (Å²) < 4.78 is 31.3. The number of sulfonamides is 1. The van der Waals surface area contributed by atoms with Crippen molar-refractivity contribution in [1.82, 2.24) is 4.90 Å². The molecule has 8 heteroatoms. The van der Waals surface area contributed by atoms with Crippen LogP contribution in [-0.4, -0.2) is 57.2 Å². The number of benzene rings is 1. The van der Waals surface area contributed by atoms with Crippen LogP contribution in [0, 0.1) is 12.8 Å². The van der Waals surface area contributed by atoms with Gasteiger partial charge >= 0.3 is 5.97 Å². The van der Waals surface area contributed by atoms with Gasteiger partial charge in [0.25, 0.3) is 0 Å². The van der Waals surface area contributed by atoms with E-state index in [1.165, 1.54) is 4.31 Å². The van der Waals surface area contributed by atoms with Crippen LogP contribution in [0.1, 0.15) is 38.7 Å². The number of carbonyl (C=O) groups is 2. The number of hydrogen-bond acceptors (Lipinski definition) is 5. The molecule has 156 valence electrons. The summed E-state index contributed by atoms with van der Waals surface area (Å²) in [7, 11) is -3.65. The molecular formula is C20H30N2O5S. The van der Waals surface area contributed by atoms with Crippen LogP contribution in [0.5, 0.6) is 0 Å². The van der Waals surface area contributed by atoms with Crippen molar-refractivity contribution in [1.29, 1.82) is 0 Å². The van der Waals surface area contributed by atoms with Crippen LogP contribution in [0.2, 0.25) is 0 Å². The molecule has 1 aromatic carbocycles. The minimum atomic E-state index is -3.65. The van der Waals surface area contributed by atoms with Gasteiger partial charge < -0.3 is 9.64 Å². The first-order valence-corrected chi connectivity index (χ1v) is 11.5. The quantitative estimate of drug-likeness (QED) is 0.644.